The monoisotopic (exact) mass is 202 g/mol. The maximum absolute atomic E-state index is 9.21. The zero-order chi connectivity index (χ0) is 11.2. The summed E-state index contributed by atoms with van der Waals surface area (Å²) in [4.78, 5) is 2.19. The van der Waals surface area contributed by atoms with Gasteiger partial charge in [-0.2, -0.15) is 0 Å². The lowest BCUT2D eigenvalue weighted by atomic mass is 9.88. The van der Waals surface area contributed by atoms with Crippen molar-refractivity contribution in [1.82, 2.24) is 10.2 Å². The average molecular weight is 202 g/mol. The first-order valence-corrected chi connectivity index (χ1v) is 5.43. The van der Waals surface area contributed by atoms with E-state index in [1.54, 1.807) is 0 Å². The smallest absolute Gasteiger partial charge is 0.0496 e. The summed E-state index contributed by atoms with van der Waals surface area (Å²) in [6.07, 6.45) is 1.01. The van der Waals surface area contributed by atoms with Crippen molar-refractivity contribution in [3.05, 3.63) is 0 Å². The maximum Gasteiger partial charge on any atom is 0.0496 e. The Labute approximate surface area is 88.5 Å². The van der Waals surface area contributed by atoms with Crippen molar-refractivity contribution < 1.29 is 5.11 Å². The van der Waals surface area contributed by atoms with E-state index in [1.165, 1.54) is 0 Å². The summed E-state index contributed by atoms with van der Waals surface area (Å²) in [7, 11) is 4.16. The number of nitrogens with zero attached hydrogens (tertiary/aromatic N) is 1. The highest BCUT2D eigenvalue weighted by atomic mass is 16.3. The molecule has 0 spiro atoms. The van der Waals surface area contributed by atoms with Crippen molar-refractivity contribution in [3.8, 4) is 0 Å². The molecule has 0 heterocycles. The fraction of sp³-hybridized carbons (Fsp3) is 1.00. The Morgan fingerprint density at radius 1 is 1.43 bits per heavy atom. The van der Waals surface area contributed by atoms with Crippen LogP contribution in [0.15, 0.2) is 0 Å². The molecule has 0 fully saturated rings. The summed E-state index contributed by atoms with van der Waals surface area (Å²) >= 11 is 0. The van der Waals surface area contributed by atoms with Crippen LogP contribution in [0.3, 0.4) is 0 Å². The minimum absolute atomic E-state index is 0.0338. The molecule has 2 N–H and O–H groups in total. The van der Waals surface area contributed by atoms with E-state index in [2.05, 4.69) is 45.1 Å². The van der Waals surface area contributed by atoms with Gasteiger partial charge in [0.25, 0.3) is 0 Å². The molecular formula is C11H26N2O. The van der Waals surface area contributed by atoms with Gasteiger partial charge in [-0.15, -0.1) is 0 Å². The van der Waals surface area contributed by atoms with Gasteiger partial charge in [0.15, 0.2) is 0 Å². The molecule has 86 valence electrons. The number of hydrogen-bond acceptors (Lipinski definition) is 3. The molecule has 0 aromatic rings. The van der Waals surface area contributed by atoms with Gasteiger partial charge in [-0.1, -0.05) is 13.8 Å². The number of rotatable bonds is 7. The normalized spacial score (nSPS) is 18.2. The lowest BCUT2D eigenvalue weighted by Gasteiger charge is -2.28. The lowest BCUT2D eigenvalue weighted by Crippen LogP contribution is -2.41. The van der Waals surface area contributed by atoms with Crippen LogP contribution in [-0.4, -0.2) is 49.8 Å². The topological polar surface area (TPSA) is 35.5 Å². The van der Waals surface area contributed by atoms with E-state index in [-0.39, 0.29) is 12.0 Å². The van der Waals surface area contributed by atoms with Gasteiger partial charge in [0, 0.05) is 31.2 Å². The molecule has 2 unspecified atom stereocenters. The predicted molar refractivity (Wildman–Crippen MR) is 61.5 cm³/mol. The van der Waals surface area contributed by atoms with E-state index in [0.717, 1.165) is 19.5 Å². The van der Waals surface area contributed by atoms with Gasteiger partial charge < -0.3 is 15.3 Å². The first-order chi connectivity index (χ1) is 6.45. The SMILES string of the molecule is CCC(C)(CO)CNCC(C)N(C)C. The third-order valence-electron chi connectivity index (χ3n) is 3.11. The maximum atomic E-state index is 9.21. The van der Waals surface area contributed by atoms with Crippen molar-refractivity contribution in [1.29, 1.82) is 0 Å². The van der Waals surface area contributed by atoms with Crippen molar-refractivity contribution in [2.45, 2.75) is 33.2 Å². The van der Waals surface area contributed by atoms with E-state index >= 15 is 0 Å². The number of aliphatic hydroxyl groups is 1. The minimum atomic E-state index is 0.0338. The second-order valence-electron chi connectivity index (χ2n) is 4.77. The Hall–Kier alpha value is -0.120. The molecule has 0 saturated heterocycles. The first-order valence-electron chi connectivity index (χ1n) is 5.43. The Morgan fingerprint density at radius 3 is 2.36 bits per heavy atom. The van der Waals surface area contributed by atoms with E-state index in [4.69, 9.17) is 0 Å². The second kappa shape index (κ2) is 6.38. The minimum Gasteiger partial charge on any atom is -0.396 e. The fourth-order valence-electron chi connectivity index (χ4n) is 1.06. The fourth-order valence-corrected chi connectivity index (χ4v) is 1.06. The Bertz CT molecular complexity index is 144. The molecule has 0 bridgehead atoms. The molecule has 0 radical (unpaired) electrons. The average Bonchev–Trinajstić information content (AvgIpc) is 2.17. The van der Waals surface area contributed by atoms with E-state index < -0.39 is 0 Å². The van der Waals surface area contributed by atoms with Crippen molar-refractivity contribution >= 4 is 0 Å². The molecule has 0 rings (SSSR count). The van der Waals surface area contributed by atoms with Crippen LogP contribution in [0.25, 0.3) is 0 Å². The van der Waals surface area contributed by atoms with E-state index in [1.807, 2.05) is 0 Å². The van der Waals surface area contributed by atoms with Crippen LogP contribution in [0, 0.1) is 5.41 Å². The number of likely N-dealkylation sites (N-methyl/N-ethyl adjacent to an activating group) is 1. The Balaban J connectivity index is 3.72. The van der Waals surface area contributed by atoms with Gasteiger partial charge in [0.1, 0.15) is 0 Å². The Kier molecular flexibility index (Phi) is 6.33. The van der Waals surface area contributed by atoms with Crippen LogP contribution in [0.5, 0.6) is 0 Å². The van der Waals surface area contributed by atoms with Crippen molar-refractivity contribution in [2.75, 3.05) is 33.8 Å². The molecule has 14 heavy (non-hydrogen) atoms. The van der Waals surface area contributed by atoms with Crippen molar-refractivity contribution in [3.63, 3.8) is 0 Å². The summed E-state index contributed by atoms with van der Waals surface area (Å²) in [6.45, 7) is 8.54. The highest BCUT2D eigenvalue weighted by molar-refractivity contribution is 4.75. The molecule has 0 aliphatic heterocycles. The highest BCUT2D eigenvalue weighted by Gasteiger charge is 2.20. The van der Waals surface area contributed by atoms with Crippen molar-refractivity contribution in [2.24, 2.45) is 5.41 Å². The number of nitrogens with one attached hydrogen (secondary N) is 1. The van der Waals surface area contributed by atoms with Gasteiger partial charge in [-0.25, -0.2) is 0 Å². The first kappa shape index (κ1) is 13.9. The number of hydrogen-bond donors (Lipinski definition) is 2. The molecule has 0 aromatic heterocycles. The van der Waals surface area contributed by atoms with Gasteiger partial charge in [-0.05, 0) is 27.4 Å². The molecule has 0 saturated carbocycles. The summed E-state index contributed by atoms with van der Waals surface area (Å²) in [5.41, 5.74) is 0.0338. The van der Waals surface area contributed by atoms with Gasteiger partial charge >= 0.3 is 0 Å². The molecule has 3 nitrogen and oxygen atoms in total. The van der Waals surface area contributed by atoms with E-state index in [0.29, 0.717) is 6.04 Å². The zero-order valence-electron chi connectivity index (χ0n) is 10.3. The number of aliphatic hydroxyl groups excluding tert-OH is 1. The Morgan fingerprint density at radius 2 is 2.00 bits per heavy atom. The summed E-state index contributed by atoms with van der Waals surface area (Å²) in [5, 5.41) is 12.6. The summed E-state index contributed by atoms with van der Waals surface area (Å²) in [6, 6.07) is 0.537. The van der Waals surface area contributed by atoms with Crippen LogP contribution in [0.2, 0.25) is 0 Å². The molecule has 0 aliphatic rings. The van der Waals surface area contributed by atoms with Crippen LogP contribution in [0.4, 0.5) is 0 Å². The predicted octanol–water partition coefficient (Wildman–Crippen LogP) is 0.935. The second-order valence-corrected chi connectivity index (χ2v) is 4.77. The van der Waals surface area contributed by atoms with Crippen LogP contribution in [-0.2, 0) is 0 Å². The summed E-state index contributed by atoms with van der Waals surface area (Å²) < 4.78 is 0. The molecule has 0 aliphatic carbocycles. The van der Waals surface area contributed by atoms with Crippen LogP contribution >= 0.6 is 0 Å². The van der Waals surface area contributed by atoms with Gasteiger partial charge in [0.2, 0.25) is 0 Å². The molecule has 0 aromatic carbocycles. The van der Waals surface area contributed by atoms with Crippen LogP contribution in [0.1, 0.15) is 27.2 Å². The lowest BCUT2D eigenvalue weighted by molar-refractivity contribution is 0.133. The third kappa shape index (κ3) is 4.94. The standard InChI is InChI=1S/C11H26N2O/c1-6-11(3,9-14)8-12-7-10(2)13(4)5/h10,12,14H,6-9H2,1-5H3. The molecular weight excluding hydrogens is 176 g/mol. The van der Waals surface area contributed by atoms with Gasteiger partial charge in [-0.3, -0.25) is 0 Å². The zero-order valence-corrected chi connectivity index (χ0v) is 10.3. The molecule has 0 amide bonds. The third-order valence-corrected chi connectivity index (χ3v) is 3.11. The quantitative estimate of drug-likeness (QED) is 0.645. The van der Waals surface area contributed by atoms with Gasteiger partial charge in [0.05, 0.1) is 0 Å². The van der Waals surface area contributed by atoms with E-state index in [9.17, 15) is 5.11 Å². The summed E-state index contributed by atoms with van der Waals surface area (Å²) in [5.74, 6) is 0. The molecule has 3 heteroatoms. The highest BCUT2D eigenvalue weighted by Crippen LogP contribution is 2.18. The molecule has 2 atom stereocenters. The largest absolute Gasteiger partial charge is 0.396 e. The van der Waals surface area contributed by atoms with Crippen LogP contribution < -0.4 is 5.32 Å².